The number of esters is 2. The molecule has 5 heterocycles. The molecule has 0 aromatic heterocycles. The van der Waals surface area contributed by atoms with Gasteiger partial charge in [-0.3, -0.25) is 14.4 Å². The van der Waals surface area contributed by atoms with Gasteiger partial charge in [0.1, 0.15) is 111 Å². The number of Topliss-reactive ketones (excluding diaryl/α,β-unsaturated/α-hetero) is 1. The van der Waals surface area contributed by atoms with Crippen molar-refractivity contribution in [3.05, 3.63) is 0 Å². The molecule has 0 bridgehead atoms. The van der Waals surface area contributed by atoms with Crippen molar-refractivity contribution in [3.8, 4) is 0 Å². The number of ether oxygens (including phenoxy) is 10. The van der Waals surface area contributed by atoms with Gasteiger partial charge in [0.05, 0.1) is 73.4 Å². The Morgan fingerprint density at radius 3 is 1.60 bits per heavy atom. The fourth-order valence-electron chi connectivity index (χ4n) is 13.4. The van der Waals surface area contributed by atoms with Crippen molar-refractivity contribution in [2.24, 2.45) is 23.7 Å². The molecular weight excluding hydrogens is 1080 g/mol. The first kappa shape index (κ1) is 62.2. The Morgan fingerprint density at radius 1 is 0.475 bits per heavy atom. The van der Waals surface area contributed by atoms with E-state index in [1.807, 2.05) is 0 Å². The molecule has 13 unspecified atom stereocenters. The number of aliphatic hydroxyl groups excluding tert-OH is 16. The fourth-order valence-corrected chi connectivity index (χ4v) is 13.4. The van der Waals surface area contributed by atoms with Gasteiger partial charge in [0.25, 0.3) is 0 Å². The van der Waals surface area contributed by atoms with Crippen LogP contribution in [0.4, 0.5) is 0 Å². The van der Waals surface area contributed by atoms with Crippen molar-refractivity contribution in [1.82, 2.24) is 0 Å². The zero-order valence-corrected chi connectivity index (χ0v) is 43.8. The van der Waals surface area contributed by atoms with Gasteiger partial charge in [0, 0.05) is 38.0 Å². The van der Waals surface area contributed by atoms with Crippen LogP contribution >= 0.6 is 0 Å². The average molecular weight is 1160 g/mol. The maximum absolute atomic E-state index is 13.2. The first-order valence-corrected chi connectivity index (χ1v) is 27.9. The molecule has 9 aliphatic rings. The van der Waals surface area contributed by atoms with Crippen LogP contribution in [0, 0.1) is 23.7 Å². The highest BCUT2D eigenvalue weighted by molar-refractivity contribution is 5.91. The van der Waals surface area contributed by atoms with E-state index in [9.17, 15) is 96.1 Å². The summed E-state index contributed by atoms with van der Waals surface area (Å²) in [4.78, 5) is 38.9. The molecule has 0 radical (unpaired) electrons. The summed E-state index contributed by atoms with van der Waals surface area (Å²) in [7, 11) is 0. The minimum absolute atomic E-state index is 0.00719. The van der Waals surface area contributed by atoms with Crippen LogP contribution in [0.25, 0.3) is 0 Å². The predicted octanol–water partition coefficient (Wildman–Crippen LogP) is -7.99. The van der Waals surface area contributed by atoms with E-state index >= 15 is 0 Å². The van der Waals surface area contributed by atoms with Crippen LogP contribution in [-0.2, 0) is 57.0 Å². The number of hydrogen-bond donors (Lipinski definition) is 16. The van der Waals surface area contributed by atoms with Crippen LogP contribution in [0.15, 0.2) is 0 Å². The minimum atomic E-state index is -1.99. The molecule has 29 heteroatoms. The molecule has 17 N–H and O–H groups in total. The van der Waals surface area contributed by atoms with Crippen LogP contribution in [0.3, 0.4) is 0 Å². The molecule has 4 saturated carbocycles. The standard InChI is InChI=1S/C51H80O29/c52-19-3-1-17(2-4-19)28-12-25(56)37-24(55)9-21(10-30(37)75-28)74-50-46(69)43(66)40(63)33(79-50)15-72-36(60)13-35(59)71-14-32-39(62)42(65)45(68)49(78-32)73-16-34-41(64)44(67)47(70)51(80-34)77-31-11-22-23(54)7-20(53)8-29(22)76-48(31)18-5-26(57)38(61)27(58)6-18/h17-24,26-34,37-55,57-58,61-70H,1-16H2/p+1/t17?,18?,19?,20?,21?,22?,23?,24?,26?,27?,28?,29?,30?,31?,32-,33-,34-,37?,38?,39-,40-,41-,42+,43+,44+,45-,46-,47-,48?,49-,50-,51-/m1/s1. The average Bonchev–Trinajstić information content (AvgIpc) is 3.53. The van der Waals surface area contributed by atoms with Crippen LogP contribution < -0.4 is 0 Å². The molecule has 0 spiro atoms. The number of rotatable bonds is 15. The first-order chi connectivity index (χ1) is 37.9. The maximum Gasteiger partial charge on any atom is 0.317 e. The quantitative estimate of drug-likeness (QED) is 0.0411. The number of ketones is 1. The molecular formula is C51H81O29+. The van der Waals surface area contributed by atoms with Gasteiger partial charge in [-0.25, -0.2) is 0 Å². The van der Waals surface area contributed by atoms with Gasteiger partial charge in [-0.05, 0) is 50.9 Å². The summed E-state index contributed by atoms with van der Waals surface area (Å²) in [6.45, 7) is -2.34. The second kappa shape index (κ2) is 26.5. The van der Waals surface area contributed by atoms with Crippen LogP contribution in [0.1, 0.15) is 83.5 Å². The summed E-state index contributed by atoms with van der Waals surface area (Å²) in [5, 5.41) is 171. The molecule has 0 aromatic carbocycles. The van der Waals surface area contributed by atoms with Gasteiger partial charge < -0.3 is 129 Å². The maximum atomic E-state index is 13.2. The molecule has 5 aliphatic heterocycles. The Hall–Kier alpha value is -2.35. The van der Waals surface area contributed by atoms with E-state index in [4.69, 9.17) is 47.4 Å². The predicted molar refractivity (Wildman–Crippen MR) is 257 cm³/mol. The monoisotopic (exact) mass is 1160 g/mol. The second-order valence-corrected chi connectivity index (χ2v) is 23.5. The number of carbonyl (C=O) groups is 3. The third kappa shape index (κ3) is 13.8. The Kier molecular flexibility index (Phi) is 20.6. The molecule has 458 valence electrons. The largest absolute Gasteiger partial charge is 0.462 e. The Bertz CT molecular complexity index is 2040. The molecule has 29 nitrogen and oxygen atoms in total. The van der Waals surface area contributed by atoms with Gasteiger partial charge in [-0.1, -0.05) is 0 Å². The number of carbonyl (C=O) groups excluding carboxylic acids is 3. The summed E-state index contributed by atoms with van der Waals surface area (Å²) < 4.78 is 56.6. The van der Waals surface area contributed by atoms with Gasteiger partial charge in [0.2, 0.25) is 0 Å². The molecule has 28 atom stereocenters. The third-order valence-corrected chi connectivity index (χ3v) is 18.0. The van der Waals surface area contributed by atoms with Gasteiger partial charge in [0.15, 0.2) is 31.1 Å². The smallest absolute Gasteiger partial charge is 0.317 e. The molecule has 4 aliphatic carbocycles. The lowest BCUT2D eigenvalue weighted by atomic mass is 9.72. The van der Waals surface area contributed by atoms with Gasteiger partial charge >= 0.3 is 11.9 Å². The van der Waals surface area contributed by atoms with Gasteiger partial charge in [-0.2, -0.15) is 0 Å². The van der Waals surface area contributed by atoms with E-state index in [-0.39, 0.29) is 63.1 Å². The van der Waals surface area contributed by atoms with E-state index < -0.39 is 227 Å². The van der Waals surface area contributed by atoms with Crippen molar-refractivity contribution in [2.75, 3.05) is 19.8 Å². The minimum Gasteiger partial charge on any atom is -0.462 e. The molecule has 80 heavy (non-hydrogen) atoms. The topological polar surface area (TPSA) is 471 Å². The Labute approximate surface area is 458 Å². The lowest BCUT2D eigenvalue weighted by Gasteiger charge is -2.49. The molecule has 9 fully saturated rings. The summed E-state index contributed by atoms with van der Waals surface area (Å²) in [5.74, 6) is -4.46. The summed E-state index contributed by atoms with van der Waals surface area (Å²) in [5.41, 5.74) is 0. The SMILES string of the molecule is O=C(CC(=O)OC[C@H]1O[C@@H](OC2CC(O)C3C(=O)CC(C4CCC(O)CC4)OC3C2)[C@H](O)[C@@H](O)[C@@H]1O)OC[C@H]1O[C@@H](OC[C@H]2O[C@@H](OC3CC4C(O)CC(O)CC4[OH+]C3C3CC(O)C(O)C(O)C3)[C@H](O)[C@@H](O)[C@@H]2O)[C@H](O)[C@@H](O)[C@@H]1O. The molecule has 9 rings (SSSR count). The second-order valence-electron chi connectivity index (χ2n) is 23.5. The lowest BCUT2D eigenvalue weighted by molar-refractivity contribution is -0.363. The zero-order chi connectivity index (χ0) is 57.6. The van der Waals surface area contributed by atoms with Crippen molar-refractivity contribution in [1.29, 1.82) is 0 Å². The Morgan fingerprint density at radius 2 is 1.01 bits per heavy atom. The molecule has 0 amide bonds. The number of aliphatic hydroxyl groups is 18. The van der Waals surface area contributed by atoms with Crippen molar-refractivity contribution >= 4 is 17.7 Å². The summed E-state index contributed by atoms with van der Waals surface area (Å²) >= 11 is 0. The third-order valence-electron chi connectivity index (χ3n) is 18.0. The zero-order valence-electron chi connectivity index (χ0n) is 43.8. The highest BCUT2D eigenvalue weighted by atomic mass is 16.7. The van der Waals surface area contributed by atoms with E-state index in [1.165, 1.54) is 0 Å². The van der Waals surface area contributed by atoms with E-state index in [0.717, 1.165) is 0 Å². The normalized spacial score (nSPS) is 51.1. The van der Waals surface area contributed by atoms with E-state index in [1.54, 1.807) is 0 Å². The number of fused-ring (bicyclic) bond motifs is 2. The highest BCUT2D eigenvalue weighted by Gasteiger charge is 2.57. The summed E-state index contributed by atoms with van der Waals surface area (Å²) in [6.07, 6.45) is -36.6. The fraction of sp³-hybridized carbons (Fsp3) is 0.941. The van der Waals surface area contributed by atoms with Crippen LogP contribution in [0.5, 0.6) is 0 Å². The van der Waals surface area contributed by atoms with Crippen molar-refractivity contribution < 1.29 is 143 Å². The van der Waals surface area contributed by atoms with E-state index in [0.29, 0.717) is 25.7 Å². The number of hydrogen-bond acceptors (Lipinski definition) is 28. The van der Waals surface area contributed by atoms with Gasteiger partial charge in [-0.15, -0.1) is 0 Å². The first-order valence-electron chi connectivity index (χ1n) is 27.9. The Balaban J connectivity index is 0.743. The van der Waals surface area contributed by atoms with Crippen molar-refractivity contribution in [2.45, 2.75) is 255 Å². The van der Waals surface area contributed by atoms with Crippen LogP contribution in [-0.4, -0.2) is 295 Å². The van der Waals surface area contributed by atoms with Crippen LogP contribution in [0.2, 0.25) is 0 Å². The van der Waals surface area contributed by atoms with Crippen molar-refractivity contribution in [3.63, 3.8) is 0 Å². The molecule has 0 aromatic rings. The molecule has 5 saturated heterocycles. The summed E-state index contributed by atoms with van der Waals surface area (Å²) in [6, 6.07) is 0. The highest BCUT2D eigenvalue weighted by Crippen LogP contribution is 2.44. The lowest BCUT2D eigenvalue weighted by Crippen LogP contribution is -2.64. The van der Waals surface area contributed by atoms with E-state index in [2.05, 4.69) is 0 Å².